The Morgan fingerprint density at radius 2 is 1.85 bits per heavy atom. The average molecular weight is 392 g/mol. The van der Waals surface area contributed by atoms with E-state index in [1.54, 1.807) is 11.0 Å². The number of likely N-dealkylation sites (tertiary alicyclic amines) is 1. The van der Waals surface area contributed by atoms with Crippen molar-refractivity contribution in [2.24, 2.45) is 5.92 Å². The average Bonchev–Trinajstić information content (AvgIpc) is 2.54. The summed E-state index contributed by atoms with van der Waals surface area (Å²) < 4.78 is 25.5. The number of carbonyl (C=O) groups is 1. The van der Waals surface area contributed by atoms with Gasteiger partial charge in [0.25, 0.3) is 0 Å². The summed E-state index contributed by atoms with van der Waals surface area (Å²) >= 11 is 5.81. The summed E-state index contributed by atoms with van der Waals surface area (Å²) in [4.78, 5) is 13.8. The van der Waals surface area contributed by atoms with E-state index in [0.29, 0.717) is 24.4 Å². The van der Waals surface area contributed by atoms with Crippen LogP contribution in [0.5, 0.6) is 5.75 Å². The smallest absolute Gasteiger partial charge is 0.410 e. The predicted octanol–water partition coefficient (Wildman–Crippen LogP) is 5.47. The Hall–Kier alpha value is -2.27. The van der Waals surface area contributed by atoms with Gasteiger partial charge in [-0.05, 0) is 50.6 Å². The van der Waals surface area contributed by atoms with Crippen molar-refractivity contribution in [2.45, 2.75) is 32.5 Å². The molecule has 0 radical (unpaired) electrons. The van der Waals surface area contributed by atoms with Crippen molar-refractivity contribution in [3.05, 3.63) is 64.9 Å². The third kappa shape index (κ3) is 4.92. The fourth-order valence-corrected chi connectivity index (χ4v) is 3.07. The zero-order valence-electron chi connectivity index (χ0n) is 15.6. The number of hydrogen-bond acceptors (Lipinski definition) is 3. The van der Waals surface area contributed by atoms with Crippen LogP contribution in [0.25, 0.3) is 0 Å². The monoisotopic (exact) mass is 391 g/mol. The van der Waals surface area contributed by atoms with Crippen molar-refractivity contribution in [3.8, 4) is 5.75 Å². The maximum absolute atomic E-state index is 14.0. The number of halogens is 2. The first-order valence-electron chi connectivity index (χ1n) is 8.87. The molecule has 1 unspecified atom stereocenters. The second-order valence-corrected chi connectivity index (χ2v) is 8.08. The molecule has 6 heteroatoms. The number of nitrogens with zero attached hydrogens (tertiary/aromatic N) is 1. The minimum atomic E-state index is -0.540. The topological polar surface area (TPSA) is 38.8 Å². The van der Waals surface area contributed by atoms with Gasteiger partial charge in [-0.3, -0.25) is 0 Å². The van der Waals surface area contributed by atoms with E-state index in [-0.39, 0.29) is 17.0 Å². The second kappa shape index (κ2) is 7.77. The van der Waals surface area contributed by atoms with Crippen LogP contribution in [0.4, 0.5) is 9.18 Å². The Morgan fingerprint density at radius 3 is 2.44 bits per heavy atom. The van der Waals surface area contributed by atoms with Crippen LogP contribution >= 0.6 is 11.6 Å². The molecule has 1 fully saturated rings. The zero-order chi connectivity index (χ0) is 19.6. The second-order valence-electron chi connectivity index (χ2n) is 7.67. The summed E-state index contributed by atoms with van der Waals surface area (Å²) in [7, 11) is 0. The molecular weight excluding hydrogens is 369 g/mol. The van der Waals surface area contributed by atoms with Gasteiger partial charge >= 0.3 is 6.09 Å². The summed E-state index contributed by atoms with van der Waals surface area (Å²) in [5, 5.41) is 0.0706. The summed E-state index contributed by atoms with van der Waals surface area (Å²) in [5.41, 5.74) is 0.149. The molecule has 1 amide bonds. The van der Waals surface area contributed by atoms with E-state index in [1.165, 1.54) is 12.1 Å². The van der Waals surface area contributed by atoms with Crippen LogP contribution in [0.3, 0.4) is 0 Å². The van der Waals surface area contributed by atoms with Crippen LogP contribution in [0.15, 0.2) is 48.5 Å². The van der Waals surface area contributed by atoms with Crippen LogP contribution in [-0.2, 0) is 4.74 Å². The van der Waals surface area contributed by atoms with Gasteiger partial charge in [-0.25, -0.2) is 9.18 Å². The third-order valence-corrected chi connectivity index (χ3v) is 4.57. The molecular formula is C21H23ClFNO3. The normalized spacial score (nSPS) is 15.8. The van der Waals surface area contributed by atoms with Gasteiger partial charge in [0, 0.05) is 19.0 Å². The molecule has 0 spiro atoms. The number of benzene rings is 2. The van der Waals surface area contributed by atoms with Crippen LogP contribution < -0.4 is 4.74 Å². The van der Waals surface area contributed by atoms with Gasteiger partial charge in [0.15, 0.2) is 0 Å². The van der Waals surface area contributed by atoms with Gasteiger partial charge in [-0.15, -0.1) is 0 Å². The standard InChI is InChI=1S/C21H23ClFNO3/c1-21(2,3)27-20(25)24-12-15(13-24)19(26-16-7-5-4-6-8-16)14-9-10-17(22)18(23)11-14/h4-11,15,19H,12-13H2,1-3H3. The van der Waals surface area contributed by atoms with Crippen LogP contribution in [-0.4, -0.2) is 29.7 Å². The fourth-order valence-electron chi connectivity index (χ4n) is 2.95. The van der Waals surface area contributed by atoms with Gasteiger partial charge in [0.1, 0.15) is 23.3 Å². The van der Waals surface area contributed by atoms with E-state index >= 15 is 0 Å². The summed E-state index contributed by atoms with van der Waals surface area (Å²) in [5.74, 6) is 0.228. The lowest BCUT2D eigenvalue weighted by atomic mass is 9.89. The molecule has 2 aromatic rings. The quantitative estimate of drug-likeness (QED) is 0.694. The molecule has 144 valence electrons. The van der Waals surface area contributed by atoms with Crippen molar-refractivity contribution in [2.75, 3.05) is 13.1 Å². The van der Waals surface area contributed by atoms with Crippen LogP contribution in [0, 0.1) is 11.7 Å². The van der Waals surface area contributed by atoms with E-state index in [1.807, 2.05) is 51.1 Å². The number of amides is 1. The predicted molar refractivity (Wildman–Crippen MR) is 103 cm³/mol. The van der Waals surface area contributed by atoms with Gasteiger partial charge in [0.05, 0.1) is 5.02 Å². The van der Waals surface area contributed by atoms with E-state index < -0.39 is 17.5 Å². The Labute approximate surface area is 163 Å². The van der Waals surface area contributed by atoms with Crippen molar-refractivity contribution in [3.63, 3.8) is 0 Å². The number of carbonyl (C=O) groups excluding carboxylic acids is 1. The minimum Gasteiger partial charge on any atom is -0.485 e. The first-order valence-corrected chi connectivity index (χ1v) is 9.25. The molecule has 1 atom stereocenters. The molecule has 3 rings (SSSR count). The molecule has 2 aromatic carbocycles. The van der Waals surface area contributed by atoms with Gasteiger partial charge in [-0.1, -0.05) is 35.9 Å². The van der Waals surface area contributed by atoms with E-state index in [2.05, 4.69) is 0 Å². The SMILES string of the molecule is CC(C)(C)OC(=O)N1CC(C(Oc2ccccc2)c2ccc(Cl)c(F)c2)C1. The van der Waals surface area contributed by atoms with Crippen molar-refractivity contribution < 1.29 is 18.7 Å². The molecule has 0 bridgehead atoms. The highest BCUT2D eigenvalue weighted by molar-refractivity contribution is 6.30. The van der Waals surface area contributed by atoms with Gasteiger partial charge in [-0.2, -0.15) is 0 Å². The van der Waals surface area contributed by atoms with E-state index in [9.17, 15) is 9.18 Å². The molecule has 27 heavy (non-hydrogen) atoms. The molecule has 1 aliphatic heterocycles. The highest BCUT2D eigenvalue weighted by Crippen LogP contribution is 2.36. The van der Waals surface area contributed by atoms with Crippen molar-refractivity contribution >= 4 is 17.7 Å². The first-order chi connectivity index (χ1) is 12.7. The lowest BCUT2D eigenvalue weighted by Gasteiger charge is -2.43. The lowest BCUT2D eigenvalue weighted by molar-refractivity contribution is -0.0255. The Morgan fingerprint density at radius 1 is 1.19 bits per heavy atom. The molecule has 0 aliphatic carbocycles. The van der Waals surface area contributed by atoms with E-state index in [4.69, 9.17) is 21.1 Å². The van der Waals surface area contributed by atoms with Crippen LogP contribution in [0.2, 0.25) is 5.02 Å². The lowest BCUT2D eigenvalue weighted by Crippen LogP contribution is -2.54. The van der Waals surface area contributed by atoms with E-state index in [0.717, 1.165) is 0 Å². The minimum absolute atomic E-state index is 0.0262. The van der Waals surface area contributed by atoms with Crippen LogP contribution in [0.1, 0.15) is 32.4 Å². The Bertz CT molecular complexity index is 801. The molecule has 0 N–H and O–H groups in total. The van der Waals surface area contributed by atoms with Gasteiger partial charge in [0.2, 0.25) is 0 Å². The first kappa shape index (κ1) is 19.5. The Balaban J connectivity index is 1.75. The summed E-state index contributed by atoms with van der Waals surface area (Å²) in [6.45, 7) is 6.47. The fraction of sp³-hybridized carbons (Fsp3) is 0.381. The zero-order valence-corrected chi connectivity index (χ0v) is 16.4. The number of rotatable bonds is 4. The van der Waals surface area contributed by atoms with Gasteiger partial charge < -0.3 is 14.4 Å². The Kier molecular flexibility index (Phi) is 5.61. The third-order valence-electron chi connectivity index (χ3n) is 4.27. The number of ether oxygens (including phenoxy) is 2. The summed E-state index contributed by atoms with van der Waals surface area (Å²) in [6, 6.07) is 14.0. The molecule has 1 aliphatic rings. The summed E-state index contributed by atoms with van der Waals surface area (Å²) in [6.07, 6.45) is -0.739. The molecule has 1 saturated heterocycles. The highest BCUT2D eigenvalue weighted by atomic mass is 35.5. The molecule has 0 aromatic heterocycles. The largest absolute Gasteiger partial charge is 0.485 e. The van der Waals surface area contributed by atoms with Crippen molar-refractivity contribution in [1.29, 1.82) is 0 Å². The molecule has 1 heterocycles. The maximum atomic E-state index is 14.0. The number of hydrogen-bond donors (Lipinski definition) is 0. The molecule has 4 nitrogen and oxygen atoms in total. The van der Waals surface area contributed by atoms with Crippen molar-refractivity contribution in [1.82, 2.24) is 4.90 Å². The number of para-hydroxylation sites is 1. The molecule has 0 saturated carbocycles. The highest BCUT2D eigenvalue weighted by Gasteiger charge is 2.40. The maximum Gasteiger partial charge on any atom is 0.410 e.